The minimum atomic E-state index is 0.00797. The zero-order valence-electron chi connectivity index (χ0n) is 15.5. The van der Waals surface area contributed by atoms with Crippen molar-refractivity contribution < 1.29 is 0 Å². The van der Waals surface area contributed by atoms with Crippen LogP contribution in [0.25, 0.3) is 22.2 Å². The van der Waals surface area contributed by atoms with E-state index >= 15 is 0 Å². The lowest BCUT2D eigenvalue weighted by Gasteiger charge is -2.31. The Labute approximate surface area is 162 Å². The van der Waals surface area contributed by atoms with Crippen LogP contribution >= 0.6 is 0 Å². The van der Waals surface area contributed by atoms with Crippen molar-refractivity contribution in [1.82, 2.24) is 19.5 Å². The summed E-state index contributed by atoms with van der Waals surface area (Å²) in [6.07, 6.45) is 7.39. The number of hydrogen-bond acceptors (Lipinski definition) is 4. The molecule has 4 aromatic rings. The summed E-state index contributed by atoms with van der Waals surface area (Å²) in [4.78, 5) is 27.2. The number of nitrogens with zero attached hydrogens (tertiary/aromatic N) is 4. The summed E-state index contributed by atoms with van der Waals surface area (Å²) in [6, 6.07) is 13.8. The summed E-state index contributed by atoms with van der Waals surface area (Å²) >= 11 is 0. The number of anilines is 1. The van der Waals surface area contributed by atoms with Gasteiger partial charge in [0, 0.05) is 60.8 Å². The Kier molecular flexibility index (Phi) is 4.16. The molecule has 0 saturated heterocycles. The highest BCUT2D eigenvalue weighted by atomic mass is 16.1. The number of hydrogen-bond donors (Lipinski definition) is 1. The van der Waals surface area contributed by atoms with Crippen LogP contribution in [0.4, 0.5) is 5.95 Å². The van der Waals surface area contributed by atoms with E-state index in [-0.39, 0.29) is 5.56 Å². The molecule has 1 aliphatic heterocycles. The van der Waals surface area contributed by atoms with E-state index in [1.54, 1.807) is 23.0 Å². The number of benzene rings is 1. The zero-order chi connectivity index (χ0) is 18.9. The second kappa shape index (κ2) is 6.96. The average Bonchev–Trinajstić information content (AvgIpc) is 3.16. The van der Waals surface area contributed by atoms with Crippen LogP contribution in [0.1, 0.15) is 12.0 Å². The molecule has 0 amide bonds. The number of rotatable bonds is 4. The third-order valence-electron chi connectivity index (χ3n) is 5.38. The molecular weight excluding hydrogens is 350 g/mol. The molecule has 0 atom stereocenters. The van der Waals surface area contributed by atoms with Gasteiger partial charge in [0.2, 0.25) is 5.95 Å². The molecule has 140 valence electrons. The number of H-pyrrole nitrogens is 1. The molecule has 0 unspecified atom stereocenters. The SMILES string of the molecule is O=c1cc(-c2ccncc2)nc2n1CCCN2CCc1c[nH]c2ccccc12. The van der Waals surface area contributed by atoms with E-state index in [2.05, 4.69) is 39.3 Å². The van der Waals surface area contributed by atoms with E-state index in [4.69, 9.17) is 4.98 Å². The molecule has 0 bridgehead atoms. The summed E-state index contributed by atoms with van der Waals surface area (Å²) in [7, 11) is 0. The van der Waals surface area contributed by atoms with Gasteiger partial charge in [-0.2, -0.15) is 0 Å². The number of aromatic nitrogens is 4. The van der Waals surface area contributed by atoms with Gasteiger partial charge in [-0.15, -0.1) is 0 Å². The second-order valence-electron chi connectivity index (χ2n) is 7.12. The van der Waals surface area contributed by atoms with Crippen molar-refractivity contribution >= 4 is 16.9 Å². The third-order valence-corrected chi connectivity index (χ3v) is 5.38. The first-order valence-electron chi connectivity index (χ1n) is 9.62. The first-order valence-corrected chi connectivity index (χ1v) is 9.62. The number of aromatic amines is 1. The smallest absolute Gasteiger partial charge is 0.255 e. The largest absolute Gasteiger partial charge is 0.361 e. The Morgan fingerprint density at radius 1 is 1.07 bits per heavy atom. The predicted molar refractivity (Wildman–Crippen MR) is 111 cm³/mol. The van der Waals surface area contributed by atoms with Gasteiger partial charge in [-0.05, 0) is 36.6 Å². The van der Waals surface area contributed by atoms with Gasteiger partial charge in [0.15, 0.2) is 0 Å². The van der Waals surface area contributed by atoms with E-state index in [1.165, 1.54) is 10.9 Å². The summed E-state index contributed by atoms with van der Waals surface area (Å²) in [5.41, 5.74) is 4.08. The zero-order valence-corrected chi connectivity index (χ0v) is 15.5. The van der Waals surface area contributed by atoms with Crippen molar-refractivity contribution in [3.05, 3.63) is 77.0 Å². The van der Waals surface area contributed by atoms with Crippen LogP contribution in [0, 0.1) is 0 Å². The lowest BCUT2D eigenvalue weighted by molar-refractivity contribution is 0.532. The fourth-order valence-electron chi connectivity index (χ4n) is 3.94. The maximum Gasteiger partial charge on any atom is 0.255 e. The Balaban J connectivity index is 1.46. The lowest BCUT2D eigenvalue weighted by atomic mass is 10.1. The Morgan fingerprint density at radius 3 is 2.82 bits per heavy atom. The summed E-state index contributed by atoms with van der Waals surface area (Å²) in [6.45, 7) is 2.46. The Hall–Kier alpha value is -3.41. The highest BCUT2D eigenvalue weighted by Crippen LogP contribution is 2.23. The molecular formula is C22H21N5O. The molecule has 4 heterocycles. The first-order chi connectivity index (χ1) is 13.8. The molecule has 0 radical (unpaired) electrons. The quantitative estimate of drug-likeness (QED) is 0.598. The van der Waals surface area contributed by atoms with Gasteiger partial charge in [-0.1, -0.05) is 18.2 Å². The normalized spacial score (nSPS) is 13.6. The van der Waals surface area contributed by atoms with Gasteiger partial charge >= 0.3 is 0 Å². The first kappa shape index (κ1) is 16.7. The van der Waals surface area contributed by atoms with Crippen LogP contribution in [-0.4, -0.2) is 32.6 Å². The second-order valence-corrected chi connectivity index (χ2v) is 7.12. The molecule has 0 saturated carbocycles. The standard InChI is InChI=1S/C22H21N5O/c28-21-14-20(16-6-9-23-10-7-16)25-22-26(11-3-12-27(21)22)13-8-17-15-24-19-5-2-1-4-18(17)19/h1-2,4-7,9-10,14-15,24H,3,8,11-13H2. The highest BCUT2D eigenvalue weighted by molar-refractivity contribution is 5.83. The molecule has 1 aliphatic rings. The highest BCUT2D eigenvalue weighted by Gasteiger charge is 2.21. The minimum absolute atomic E-state index is 0.00797. The van der Waals surface area contributed by atoms with Crippen LogP contribution < -0.4 is 10.5 Å². The molecule has 28 heavy (non-hydrogen) atoms. The van der Waals surface area contributed by atoms with Crippen molar-refractivity contribution in [1.29, 1.82) is 0 Å². The summed E-state index contributed by atoms with van der Waals surface area (Å²) in [5, 5.41) is 1.26. The van der Waals surface area contributed by atoms with Crippen LogP contribution in [-0.2, 0) is 13.0 Å². The maximum atomic E-state index is 12.7. The monoisotopic (exact) mass is 371 g/mol. The lowest BCUT2D eigenvalue weighted by Crippen LogP contribution is -2.39. The molecule has 5 rings (SSSR count). The molecule has 0 aliphatic carbocycles. The van der Waals surface area contributed by atoms with Crippen molar-refractivity contribution in [3.8, 4) is 11.3 Å². The number of fused-ring (bicyclic) bond motifs is 2. The van der Waals surface area contributed by atoms with Crippen LogP contribution in [0.3, 0.4) is 0 Å². The molecule has 6 heteroatoms. The van der Waals surface area contributed by atoms with Gasteiger partial charge in [0.05, 0.1) is 5.69 Å². The predicted octanol–water partition coefficient (Wildman–Crippen LogP) is 3.24. The molecule has 1 N–H and O–H groups in total. The number of para-hydroxylation sites is 1. The van der Waals surface area contributed by atoms with E-state index in [1.807, 2.05) is 18.2 Å². The van der Waals surface area contributed by atoms with Gasteiger partial charge in [0.1, 0.15) is 0 Å². The number of pyridine rings is 1. The van der Waals surface area contributed by atoms with Crippen LogP contribution in [0.2, 0.25) is 0 Å². The fraction of sp³-hybridized carbons (Fsp3) is 0.227. The maximum absolute atomic E-state index is 12.7. The number of nitrogens with one attached hydrogen (secondary N) is 1. The van der Waals surface area contributed by atoms with Crippen molar-refractivity contribution in [2.45, 2.75) is 19.4 Å². The van der Waals surface area contributed by atoms with E-state index in [0.29, 0.717) is 5.69 Å². The fourth-order valence-corrected chi connectivity index (χ4v) is 3.94. The summed E-state index contributed by atoms with van der Waals surface area (Å²) in [5.74, 6) is 0.769. The topological polar surface area (TPSA) is 66.8 Å². The molecule has 0 fully saturated rings. The van der Waals surface area contributed by atoms with E-state index in [0.717, 1.165) is 49.5 Å². The van der Waals surface area contributed by atoms with Gasteiger partial charge in [-0.25, -0.2) is 4.98 Å². The molecule has 3 aromatic heterocycles. The van der Waals surface area contributed by atoms with Crippen LogP contribution in [0.5, 0.6) is 0 Å². The van der Waals surface area contributed by atoms with Crippen molar-refractivity contribution in [2.75, 3.05) is 18.0 Å². The molecule has 1 aromatic carbocycles. The van der Waals surface area contributed by atoms with Crippen LogP contribution in [0.15, 0.2) is 65.8 Å². The molecule has 0 spiro atoms. The van der Waals surface area contributed by atoms with Gasteiger partial charge < -0.3 is 9.88 Å². The average molecular weight is 371 g/mol. The van der Waals surface area contributed by atoms with E-state index in [9.17, 15) is 4.79 Å². The van der Waals surface area contributed by atoms with Crippen molar-refractivity contribution in [2.24, 2.45) is 0 Å². The van der Waals surface area contributed by atoms with E-state index < -0.39 is 0 Å². The molecule has 6 nitrogen and oxygen atoms in total. The van der Waals surface area contributed by atoms with Gasteiger partial charge in [0.25, 0.3) is 5.56 Å². The third kappa shape index (κ3) is 2.97. The Bertz CT molecular complexity index is 1180. The van der Waals surface area contributed by atoms with Crippen molar-refractivity contribution in [3.63, 3.8) is 0 Å². The summed E-state index contributed by atoms with van der Waals surface area (Å²) < 4.78 is 1.80. The van der Waals surface area contributed by atoms with Gasteiger partial charge in [-0.3, -0.25) is 14.3 Å². The Morgan fingerprint density at radius 2 is 1.93 bits per heavy atom. The minimum Gasteiger partial charge on any atom is -0.361 e.